The Kier molecular flexibility index (Phi) is 4.22. The number of rotatable bonds is 5. The second-order valence-electron chi connectivity index (χ2n) is 5.27. The summed E-state index contributed by atoms with van der Waals surface area (Å²) in [6.45, 7) is 4.22. The first-order valence-electron chi connectivity index (χ1n) is 6.38. The molecular formula is C13H19NO5S. The molecule has 0 aromatic heterocycles. The molecule has 0 amide bonds. The highest BCUT2D eigenvalue weighted by Gasteiger charge is 2.27. The predicted molar refractivity (Wildman–Crippen MR) is 73.5 cm³/mol. The summed E-state index contributed by atoms with van der Waals surface area (Å²) in [5.74, 6) is 0.976. The SMILES string of the molecule is CC(C)(CCO)NS(=O)(=O)c1ccc2c(c1)OCCO2. The molecule has 0 fully saturated rings. The highest BCUT2D eigenvalue weighted by molar-refractivity contribution is 7.89. The number of aliphatic hydroxyl groups excluding tert-OH is 1. The maximum Gasteiger partial charge on any atom is 0.241 e. The van der Waals surface area contributed by atoms with E-state index in [1.54, 1.807) is 19.9 Å². The third kappa shape index (κ3) is 3.41. The van der Waals surface area contributed by atoms with Gasteiger partial charge in [0.1, 0.15) is 13.2 Å². The van der Waals surface area contributed by atoms with Gasteiger partial charge in [-0.25, -0.2) is 13.1 Å². The van der Waals surface area contributed by atoms with E-state index in [0.29, 0.717) is 31.1 Å². The van der Waals surface area contributed by atoms with Crippen LogP contribution in [0.3, 0.4) is 0 Å². The molecule has 1 aromatic carbocycles. The van der Waals surface area contributed by atoms with Gasteiger partial charge in [-0.2, -0.15) is 0 Å². The molecule has 1 aliphatic rings. The Bertz CT molecular complexity index is 582. The van der Waals surface area contributed by atoms with Crippen LogP contribution in [-0.2, 0) is 10.0 Å². The molecule has 0 atom stereocenters. The quantitative estimate of drug-likeness (QED) is 0.844. The van der Waals surface area contributed by atoms with Gasteiger partial charge < -0.3 is 14.6 Å². The van der Waals surface area contributed by atoms with Crippen LogP contribution in [0.15, 0.2) is 23.1 Å². The van der Waals surface area contributed by atoms with Crippen molar-refractivity contribution in [3.05, 3.63) is 18.2 Å². The summed E-state index contributed by atoms with van der Waals surface area (Å²) >= 11 is 0. The van der Waals surface area contributed by atoms with Gasteiger partial charge in [-0.3, -0.25) is 0 Å². The molecule has 0 radical (unpaired) electrons. The van der Waals surface area contributed by atoms with Gasteiger partial charge in [-0.1, -0.05) is 0 Å². The molecule has 0 saturated heterocycles. The molecule has 20 heavy (non-hydrogen) atoms. The third-order valence-corrected chi connectivity index (χ3v) is 4.67. The fourth-order valence-corrected chi connectivity index (χ4v) is 3.40. The molecule has 2 N–H and O–H groups in total. The smallest absolute Gasteiger partial charge is 0.241 e. The molecule has 0 saturated carbocycles. The van der Waals surface area contributed by atoms with Crippen LogP contribution in [0, 0.1) is 0 Å². The minimum absolute atomic E-state index is 0.0866. The fraction of sp³-hybridized carbons (Fsp3) is 0.538. The number of hydrogen-bond acceptors (Lipinski definition) is 5. The van der Waals surface area contributed by atoms with Gasteiger partial charge in [-0.05, 0) is 32.4 Å². The zero-order valence-corrected chi connectivity index (χ0v) is 12.4. The zero-order valence-electron chi connectivity index (χ0n) is 11.5. The van der Waals surface area contributed by atoms with E-state index in [4.69, 9.17) is 14.6 Å². The van der Waals surface area contributed by atoms with Gasteiger partial charge in [-0.15, -0.1) is 0 Å². The molecule has 7 heteroatoms. The van der Waals surface area contributed by atoms with E-state index in [2.05, 4.69) is 4.72 Å². The van der Waals surface area contributed by atoms with Crippen molar-refractivity contribution in [1.82, 2.24) is 4.72 Å². The lowest BCUT2D eigenvalue weighted by atomic mass is 10.0. The Labute approximate surface area is 118 Å². The Balaban J connectivity index is 2.26. The normalized spacial score (nSPS) is 15.2. The van der Waals surface area contributed by atoms with Gasteiger partial charge in [0, 0.05) is 18.2 Å². The summed E-state index contributed by atoms with van der Waals surface area (Å²) in [6, 6.07) is 4.51. The highest BCUT2D eigenvalue weighted by atomic mass is 32.2. The van der Waals surface area contributed by atoms with Crippen LogP contribution < -0.4 is 14.2 Å². The molecule has 1 aliphatic heterocycles. The number of benzene rings is 1. The van der Waals surface area contributed by atoms with Crippen LogP contribution in [0.4, 0.5) is 0 Å². The first-order chi connectivity index (χ1) is 9.34. The Hall–Kier alpha value is -1.31. The average Bonchev–Trinajstić information content (AvgIpc) is 2.36. The zero-order chi connectivity index (χ0) is 14.8. The minimum atomic E-state index is -3.67. The lowest BCUT2D eigenvalue weighted by Crippen LogP contribution is -2.43. The van der Waals surface area contributed by atoms with Crippen molar-refractivity contribution in [2.45, 2.75) is 30.7 Å². The molecule has 1 aromatic rings. The Morgan fingerprint density at radius 3 is 2.55 bits per heavy atom. The van der Waals surface area contributed by atoms with Crippen molar-refractivity contribution in [3.8, 4) is 11.5 Å². The van der Waals surface area contributed by atoms with Crippen LogP contribution >= 0.6 is 0 Å². The number of sulfonamides is 1. The number of fused-ring (bicyclic) bond motifs is 1. The van der Waals surface area contributed by atoms with Crippen LogP contribution in [0.5, 0.6) is 11.5 Å². The number of hydrogen-bond donors (Lipinski definition) is 2. The number of ether oxygens (including phenoxy) is 2. The van der Waals surface area contributed by atoms with Gasteiger partial charge in [0.05, 0.1) is 4.90 Å². The van der Waals surface area contributed by atoms with E-state index in [1.807, 2.05) is 0 Å². The Morgan fingerprint density at radius 2 is 1.90 bits per heavy atom. The Morgan fingerprint density at radius 1 is 1.25 bits per heavy atom. The maximum absolute atomic E-state index is 12.3. The van der Waals surface area contributed by atoms with Gasteiger partial charge in [0.15, 0.2) is 11.5 Å². The van der Waals surface area contributed by atoms with Crippen molar-refractivity contribution in [1.29, 1.82) is 0 Å². The van der Waals surface area contributed by atoms with Crippen LogP contribution in [0.25, 0.3) is 0 Å². The van der Waals surface area contributed by atoms with E-state index in [9.17, 15) is 8.42 Å². The molecule has 112 valence electrons. The topological polar surface area (TPSA) is 84.9 Å². The van der Waals surface area contributed by atoms with E-state index in [0.717, 1.165) is 0 Å². The van der Waals surface area contributed by atoms with E-state index >= 15 is 0 Å². The molecule has 0 spiro atoms. The standard InChI is InChI=1S/C13H19NO5S/c1-13(2,5-6-15)14-20(16,17)10-3-4-11-12(9-10)19-8-7-18-11/h3-4,9,14-15H,5-8H2,1-2H3. The first kappa shape index (κ1) is 15.1. The molecule has 6 nitrogen and oxygen atoms in total. The number of nitrogens with one attached hydrogen (secondary N) is 1. The van der Waals surface area contributed by atoms with Gasteiger partial charge >= 0.3 is 0 Å². The molecule has 2 rings (SSSR count). The lowest BCUT2D eigenvalue weighted by molar-refractivity contribution is 0.171. The second kappa shape index (κ2) is 5.59. The van der Waals surface area contributed by atoms with Crippen molar-refractivity contribution in [2.24, 2.45) is 0 Å². The summed E-state index contributed by atoms with van der Waals surface area (Å²) in [5, 5.41) is 8.96. The largest absolute Gasteiger partial charge is 0.486 e. The van der Waals surface area contributed by atoms with E-state index in [-0.39, 0.29) is 11.5 Å². The summed E-state index contributed by atoms with van der Waals surface area (Å²) in [4.78, 5) is 0.118. The fourth-order valence-electron chi connectivity index (χ4n) is 1.94. The highest BCUT2D eigenvalue weighted by Crippen LogP contribution is 2.32. The van der Waals surface area contributed by atoms with E-state index in [1.165, 1.54) is 12.1 Å². The number of aliphatic hydroxyl groups is 1. The molecule has 0 unspecified atom stereocenters. The average molecular weight is 301 g/mol. The van der Waals surface area contributed by atoms with Crippen LogP contribution in [0.1, 0.15) is 20.3 Å². The van der Waals surface area contributed by atoms with Crippen molar-refractivity contribution in [2.75, 3.05) is 19.8 Å². The minimum Gasteiger partial charge on any atom is -0.486 e. The van der Waals surface area contributed by atoms with Crippen molar-refractivity contribution >= 4 is 10.0 Å². The van der Waals surface area contributed by atoms with Gasteiger partial charge in [0.25, 0.3) is 0 Å². The van der Waals surface area contributed by atoms with Crippen LogP contribution in [0.2, 0.25) is 0 Å². The summed E-state index contributed by atoms with van der Waals surface area (Å²) in [5.41, 5.74) is -0.721. The second-order valence-corrected chi connectivity index (χ2v) is 6.95. The van der Waals surface area contributed by atoms with Gasteiger partial charge in [0.2, 0.25) is 10.0 Å². The molecule has 1 heterocycles. The maximum atomic E-state index is 12.3. The molecule has 0 aliphatic carbocycles. The summed E-state index contributed by atoms with van der Waals surface area (Å²) in [6.07, 6.45) is 0.330. The lowest BCUT2D eigenvalue weighted by Gasteiger charge is -2.25. The first-order valence-corrected chi connectivity index (χ1v) is 7.87. The van der Waals surface area contributed by atoms with Crippen molar-refractivity contribution in [3.63, 3.8) is 0 Å². The van der Waals surface area contributed by atoms with Crippen molar-refractivity contribution < 1.29 is 23.0 Å². The monoisotopic (exact) mass is 301 g/mol. The summed E-state index contributed by atoms with van der Waals surface area (Å²) in [7, 11) is -3.67. The predicted octanol–water partition coefficient (Wildman–Crippen LogP) is 0.897. The van der Waals surface area contributed by atoms with Crippen LogP contribution in [-0.4, -0.2) is 38.9 Å². The third-order valence-electron chi connectivity index (χ3n) is 2.97. The van der Waals surface area contributed by atoms with E-state index < -0.39 is 15.6 Å². The molecular weight excluding hydrogens is 282 g/mol. The molecule has 0 bridgehead atoms. The summed E-state index contributed by atoms with van der Waals surface area (Å²) < 4.78 is 37.9.